The van der Waals surface area contributed by atoms with Crippen LogP contribution in [0.1, 0.15) is 12.8 Å². The summed E-state index contributed by atoms with van der Waals surface area (Å²) in [4.78, 5) is 10.3. The van der Waals surface area contributed by atoms with Gasteiger partial charge in [0.2, 0.25) is 5.91 Å². The molecule has 0 fully saturated rings. The van der Waals surface area contributed by atoms with Gasteiger partial charge in [-0.2, -0.15) is 0 Å². The van der Waals surface area contributed by atoms with Crippen LogP contribution in [0, 0.1) is 0 Å². The molecule has 0 unspecified atom stereocenters. The molecular weight excluding hydrogens is 138 g/mol. The second-order valence-corrected chi connectivity index (χ2v) is 2.14. The molecule has 0 aliphatic heterocycles. The Bertz CT molecular complexity index is 122. The number of primary amides is 1. The van der Waals surface area contributed by atoms with Gasteiger partial charge in [-0.1, -0.05) is 6.58 Å². The number of carbonyl (C=O) groups excluding carboxylic acids is 1. The van der Waals surface area contributed by atoms with Gasteiger partial charge in [0, 0.05) is 11.5 Å². The van der Waals surface area contributed by atoms with E-state index >= 15 is 0 Å². The highest BCUT2D eigenvalue weighted by Crippen LogP contribution is 2.01. The predicted molar refractivity (Wildman–Crippen MR) is 38.3 cm³/mol. The fourth-order valence-electron chi connectivity index (χ4n) is 0.403. The molecule has 0 saturated carbocycles. The van der Waals surface area contributed by atoms with Gasteiger partial charge in [0.1, 0.15) is 0 Å². The van der Waals surface area contributed by atoms with E-state index in [9.17, 15) is 4.79 Å². The van der Waals surface area contributed by atoms with E-state index in [0.29, 0.717) is 17.9 Å². The van der Waals surface area contributed by atoms with E-state index in [4.69, 9.17) is 17.3 Å². The Morgan fingerprint density at radius 1 is 1.67 bits per heavy atom. The van der Waals surface area contributed by atoms with Gasteiger partial charge in [0.05, 0.1) is 0 Å². The van der Waals surface area contributed by atoms with Gasteiger partial charge in [-0.15, -0.1) is 11.6 Å². The van der Waals surface area contributed by atoms with Crippen molar-refractivity contribution < 1.29 is 4.79 Å². The van der Waals surface area contributed by atoms with Gasteiger partial charge >= 0.3 is 0 Å². The summed E-state index contributed by atoms with van der Waals surface area (Å²) < 4.78 is 0. The summed E-state index contributed by atoms with van der Waals surface area (Å²) in [6.07, 6.45) is 1.38. The number of nitrogens with two attached hydrogens (primary N) is 1. The lowest BCUT2D eigenvalue weighted by molar-refractivity contribution is -0.114. The maximum absolute atomic E-state index is 10.3. The molecule has 0 aromatic heterocycles. The lowest BCUT2D eigenvalue weighted by atomic mass is 10.2. The van der Waals surface area contributed by atoms with Crippen LogP contribution in [-0.2, 0) is 4.79 Å². The fourth-order valence-corrected chi connectivity index (χ4v) is 0.537. The summed E-state index contributed by atoms with van der Waals surface area (Å²) in [5.41, 5.74) is 5.35. The quantitative estimate of drug-likeness (QED) is 0.469. The average molecular weight is 148 g/mol. The fraction of sp³-hybridized carbons (Fsp3) is 0.500. The molecule has 3 heteroatoms. The minimum Gasteiger partial charge on any atom is -0.366 e. The number of alkyl halides is 1. The minimum atomic E-state index is -0.430. The number of rotatable bonds is 4. The zero-order chi connectivity index (χ0) is 7.28. The molecule has 0 atom stereocenters. The second-order valence-electron chi connectivity index (χ2n) is 1.76. The zero-order valence-corrected chi connectivity index (χ0v) is 5.95. The molecule has 2 N–H and O–H groups in total. The standard InChI is InChI=1S/C6H10ClNO/c1-5(6(8)9)3-2-4-7/h1-4H2,(H2,8,9). The Labute approximate surface area is 59.7 Å². The van der Waals surface area contributed by atoms with Crippen LogP contribution in [0.15, 0.2) is 12.2 Å². The van der Waals surface area contributed by atoms with E-state index < -0.39 is 5.91 Å². The van der Waals surface area contributed by atoms with Crippen LogP contribution in [0.2, 0.25) is 0 Å². The zero-order valence-electron chi connectivity index (χ0n) is 5.19. The molecule has 0 saturated heterocycles. The summed E-state index contributed by atoms with van der Waals surface area (Å²) in [5.74, 6) is 0.117. The van der Waals surface area contributed by atoms with Crippen LogP contribution < -0.4 is 5.73 Å². The van der Waals surface area contributed by atoms with Crippen molar-refractivity contribution in [2.45, 2.75) is 12.8 Å². The maximum atomic E-state index is 10.3. The van der Waals surface area contributed by atoms with Crippen LogP contribution in [0.25, 0.3) is 0 Å². The third-order valence-electron chi connectivity index (χ3n) is 0.961. The molecule has 0 rings (SSSR count). The summed E-state index contributed by atoms with van der Waals surface area (Å²) in [6.45, 7) is 3.46. The van der Waals surface area contributed by atoms with Crippen LogP contribution in [-0.4, -0.2) is 11.8 Å². The first-order valence-corrected chi connectivity index (χ1v) is 3.25. The summed E-state index contributed by atoms with van der Waals surface area (Å²) >= 11 is 5.36. The van der Waals surface area contributed by atoms with Gasteiger partial charge in [-0.3, -0.25) is 4.79 Å². The largest absolute Gasteiger partial charge is 0.366 e. The van der Waals surface area contributed by atoms with Crippen molar-refractivity contribution in [2.75, 3.05) is 5.88 Å². The van der Waals surface area contributed by atoms with Gasteiger partial charge in [-0.05, 0) is 12.8 Å². The van der Waals surface area contributed by atoms with Gasteiger partial charge in [0.25, 0.3) is 0 Å². The molecule has 0 radical (unpaired) electrons. The summed E-state index contributed by atoms with van der Waals surface area (Å²) in [7, 11) is 0. The third kappa shape index (κ3) is 4.03. The first kappa shape index (κ1) is 8.50. The Balaban J connectivity index is 3.39. The third-order valence-corrected chi connectivity index (χ3v) is 1.23. The van der Waals surface area contributed by atoms with Crippen molar-refractivity contribution in [3.63, 3.8) is 0 Å². The second kappa shape index (κ2) is 4.39. The number of halogens is 1. The van der Waals surface area contributed by atoms with Crippen molar-refractivity contribution in [2.24, 2.45) is 5.73 Å². The van der Waals surface area contributed by atoms with E-state index in [1.54, 1.807) is 0 Å². The Hall–Kier alpha value is -0.500. The van der Waals surface area contributed by atoms with Crippen molar-refractivity contribution in [3.8, 4) is 0 Å². The molecule has 0 aromatic carbocycles. The van der Waals surface area contributed by atoms with E-state index in [1.807, 2.05) is 0 Å². The number of hydrogen-bond donors (Lipinski definition) is 1. The average Bonchev–Trinajstić information content (AvgIpc) is 1.82. The molecule has 9 heavy (non-hydrogen) atoms. The number of hydrogen-bond acceptors (Lipinski definition) is 1. The highest BCUT2D eigenvalue weighted by atomic mass is 35.5. The molecule has 2 nitrogen and oxygen atoms in total. The molecule has 0 heterocycles. The van der Waals surface area contributed by atoms with Crippen molar-refractivity contribution >= 4 is 17.5 Å². The minimum absolute atomic E-state index is 0.430. The monoisotopic (exact) mass is 147 g/mol. The summed E-state index contributed by atoms with van der Waals surface area (Å²) in [5, 5.41) is 0. The SMILES string of the molecule is C=C(CCCCl)C(N)=O. The molecule has 1 amide bonds. The van der Waals surface area contributed by atoms with Crippen molar-refractivity contribution in [1.82, 2.24) is 0 Å². The van der Waals surface area contributed by atoms with Crippen LogP contribution >= 0.6 is 11.6 Å². The van der Waals surface area contributed by atoms with Gasteiger partial charge < -0.3 is 5.73 Å². The van der Waals surface area contributed by atoms with E-state index in [-0.39, 0.29) is 0 Å². The summed E-state index contributed by atoms with van der Waals surface area (Å²) in [6, 6.07) is 0. The first-order valence-electron chi connectivity index (χ1n) is 2.72. The van der Waals surface area contributed by atoms with Crippen LogP contribution in [0.4, 0.5) is 0 Å². The van der Waals surface area contributed by atoms with Crippen LogP contribution in [0.5, 0.6) is 0 Å². The molecule has 52 valence electrons. The van der Waals surface area contributed by atoms with E-state index in [0.717, 1.165) is 6.42 Å². The predicted octanol–water partition coefficient (Wildman–Crippen LogP) is 1.05. The van der Waals surface area contributed by atoms with Gasteiger partial charge in [-0.25, -0.2) is 0 Å². The van der Waals surface area contributed by atoms with E-state index in [2.05, 4.69) is 6.58 Å². The molecule has 0 bridgehead atoms. The Kier molecular flexibility index (Phi) is 4.14. The normalized spacial score (nSPS) is 9.00. The molecule has 0 aromatic rings. The van der Waals surface area contributed by atoms with E-state index in [1.165, 1.54) is 0 Å². The Morgan fingerprint density at radius 2 is 2.22 bits per heavy atom. The number of amides is 1. The molecule has 0 aliphatic rings. The van der Waals surface area contributed by atoms with Crippen LogP contribution in [0.3, 0.4) is 0 Å². The van der Waals surface area contributed by atoms with Gasteiger partial charge in [0.15, 0.2) is 0 Å². The highest BCUT2D eigenvalue weighted by Gasteiger charge is 1.98. The maximum Gasteiger partial charge on any atom is 0.244 e. The Morgan fingerprint density at radius 3 is 2.56 bits per heavy atom. The molecule has 0 aliphatic carbocycles. The highest BCUT2D eigenvalue weighted by molar-refractivity contribution is 6.17. The lowest BCUT2D eigenvalue weighted by Gasteiger charge is -1.95. The molecular formula is C6H10ClNO. The topological polar surface area (TPSA) is 43.1 Å². The van der Waals surface area contributed by atoms with Crippen molar-refractivity contribution in [3.05, 3.63) is 12.2 Å². The smallest absolute Gasteiger partial charge is 0.244 e. The van der Waals surface area contributed by atoms with Crippen molar-refractivity contribution in [1.29, 1.82) is 0 Å². The number of carbonyl (C=O) groups is 1. The first-order chi connectivity index (χ1) is 4.18. The molecule has 0 spiro atoms. The lowest BCUT2D eigenvalue weighted by Crippen LogP contribution is -2.12.